The first-order valence-corrected chi connectivity index (χ1v) is 11.7. The van der Waals surface area contributed by atoms with E-state index in [9.17, 15) is 17.6 Å². The van der Waals surface area contributed by atoms with Gasteiger partial charge >= 0.3 is 0 Å². The standard InChI is InChI=1S/C23H20FN3O3S/c24-19-4-2-1-3-15(19)16-7-8-18(23(25)28)22-21(16)17-6-5-14(13-20(17)26-22)27-9-11-31(29,30)12-10-27/h1-8,13,26H,9-12H2,(H2,25,28). The minimum absolute atomic E-state index is 0.126. The van der Waals surface area contributed by atoms with Gasteiger partial charge < -0.3 is 15.6 Å². The van der Waals surface area contributed by atoms with Crippen molar-refractivity contribution in [3.05, 3.63) is 66.0 Å². The van der Waals surface area contributed by atoms with Gasteiger partial charge in [0.2, 0.25) is 0 Å². The van der Waals surface area contributed by atoms with Gasteiger partial charge in [0.05, 0.1) is 22.6 Å². The molecule has 1 amide bonds. The maximum Gasteiger partial charge on any atom is 0.250 e. The van der Waals surface area contributed by atoms with E-state index in [0.29, 0.717) is 35.3 Å². The molecule has 0 aliphatic carbocycles. The van der Waals surface area contributed by atoms with Crippen LogP contribution in [0.15, 0.2) is 54.6 Å². The summed E-state index contributed by atoms with van der Waals surface area (Å²) in [6, 6.07) is 15.6. The molecule has 4 aromatic rings. The zero-order chi connectivity index (χ0) is 21.8. The molecule has 1 aliphatic rings. The third kappa shape index (κ3) is 3.33. The number of fused-ring (bicyclic) bond motifs is 3. The van der Waals surface area contributed by atoms with Crippen LogP contribution in [-0.4, -0.2) is 43.9 Å². The summed E-state index contributed by atoms with van der Waals surface area (Å²) in [4.78, 5) is 17.4. The maximum atomic E-state index is 14.6. The van der Waals surface area contributed by atoms with Gasteiger partial charge in [-0.05, 0) is 29.8 Å². The van der Waals surface area contributed by atoms with Gasteiger partial charge in [-0.2, -0.15) is 0 Å². The number of sulfone groups is 1. The van der Waals surface area contributed by atoms with Crippen molar-refractivity contribution < 1.29 is 17.6 Å². The van der Waals surface area contributed by atoms with E-state index in [-0.39, 0.29) is 17.3 Å². The SMILES string of the molecule is NC(=O)c1ccc(-c2ccccc2F)c2c1[nH]c1cc(N3CCS(=O)(=O)CC3)ccc12. The summed E-state index contributed by atoms with van der Waals surface area (Å²) < 4.78 is 38.1. The van der Waals surface area contributed by atoms with Crippen LogP contribution < -0.4 is 10.6 Å². The smallest absolute Gasteiger partial charge is 0.250 e. The fraction of sp³-hybridized carbons (Fsp3) is 0.174. The maximum absolute atomic E-state index is 14.6. The number of rotatable bonds is 3. The second-order valence-electron chi connectivity index (χ2n) is 7.75. The second kappa shape index (κ2) is 7.09. The first kappa shape index (κ1) is 19.6. The lowest BCUT2D eigenvalue weighted by molar-refractivity contribution is 0.100. The molecule has 3 N–H and O–H groups in total. The molecule has 158 valence electrons. The van der Waals surface area contributed by atoms with Gasteiger partial charge in [-0.3, -0.25) is 4.79 Å². The Bertz CT molecular complexity index is 1450. The summed E-state index contributed by atoms with van der Waals surface area (Å²) in [6.07, 6.45) is 0. The number of nitrogens with two attached hydrogens (primary N) is 1. The number of halogens is 1. The minimum atomic E-state index is -2.98. The molecule has 6 nitrogen and oxygen atoms in total. The average Bonchev–Trinajstić information content (AvgIpc) is 3.12. The molecule has 0 atom stereocenters. The molecular weight excluding hydrogens is 417 g/mol. The molecule has 31 heavy (non-hydrogen) atoms. The highest BCUT2D eigenvalue weighted by atomic mass is 32.2. The zero-order valence-electron chi connectivity index (χ0n) is 16.6. The molecular formula is C23H20FN3O3S. The van der Waals surface area contributed by atoms with Crippen molar-refractivity contribution in [2.75, 3.05) is 29.5 Å². The molecule has 0 unspecified atom stereocenters. The molecule has 0 bridgehead atoms. The monoisotopic (exact) mass is 437 g/mol. The Morgan fingerprint density at radius 1 is 1.00 bits per heavy atom. The summed E-state index contributed by atoms with van der Waals surface area (Å²) >= 11 is 0. The molecule has 3 aromatic carbocycles. The van der Waals surface area contributed by atoms with Gasteiger partial charge in [0.15, 0.2) is 9.84 Å². The topological polar surface area (TPSA) is 96.3 Å². The van der Waals surface area contributed by atoms with Gasteiger partial charge in [0.25, 0.3) is 5.91 Å². The number of hydrogen-bond acceptors (Lipinski definition) is 4. The number of H-pyrrole nitrogens is 1. The predicted octanol–water partition coefficient (Wildman–Crippen LogP) is 3.46. The van der Waals surface area contributed by atoms with E-state index >= 15 is 0 Å². The number of aromatic nitrogens is 1. The Labute approximate surface area is 178 Å². The van der Waals surface area contributed by atoms with Crippen LogP contribution in [0.4, 0.5) is 10.1 Å². The highest BCUT2D eigenvalue weighted by Gasteiger charge is 2.23. The highest BCUT2D eigenvalue weighted by molar-refractivity contribution is 7.91. The number of nitrogens with zero attached hydrogens (tertiary/aromatic N) is 1. The van der Waals surface area contributed by atoms with Crippen molar-refractivity contribution in [3.63, 3.8) is 0 Å². The van der Waals surface area contributed by atoms with E-state index < -0.39 is 15.7 Å². The van der Waals surface area contributed by atoms with Gasteiger partial charge in [-0.25, -0.2) is 12.8 Å². The Morgan fingerprint density at radius 2 is 1.74 bits per heavy atom. The summed E-state index contributed by atoms with van der Waals surface area (Å²) in [7, 11) is -2.98. The number of amides is 1. The highest BCUT2D eigenvalue weighted by Crippen LogP contribution is 2.38. The van der Waals surface area contributed by atoms with Crippen molar-refractivity contribution in [2.45, 2.75) is 0 Å². The number of benzene rings is 3. The van der Waals surface area contributed by atoms with Crippen LogP contribution in [0.3, 0.4) is 0 Å². The Kier molecular flexibility index (Phi) is 4.48. The van der Waals surface area contributed by atoms with Gasteiger partial charge in [-0.15, -0.1) is 0 Å². The molecule has 0 spiro atoms. The summed E-state index contributed by atoms with van der Waals surface area (Å²) in [5.41, 5.74) is 9.25. The van der Waals surface area contributed by atoms with Crippen LogP contribution in [0.25, 0.3) is 32.9 Å². The number of carbonyl (C=O) groups excluding carboxylic acids is 1. The van der Waals surface area contributed by atoms with Crippen LogP contribution >= 0.6 is 0 Å². The van der Waals surface area contributed by atoms with Crippen molar-refractivity contribution in [2.24, 2.45) is 5.73 Å². The Balaban J connectivity index is 1.72. The largest absolute Gasteiger partial charge is 0.369 e. The summed E-state index contributed by atoms with van der Waals surface area (Å²) in [6.45, 7) is 0.863. The Morgan fingerprint density at radius 3 is 2.45 bits per heavy atom. The average molecular weight is 437 g/mol. The predicted molar refractivity (Wildman–Crippen MR) is 121 cm³/mol. The van der Waals surface area contributed by atoms with E-state index in [4.69, 9.17) is 5.73 Å². The van der Waals surface area contributed by atoms with Crippen molar-refractivity contribution >= 4 is 43.2 Å². The molecule has 1 aromatic heterocycles. The molecule has 1 aliphatic heterocycles. The van der Waals surface area contributed by atoms with Crippen LogP contribution in [0.2, 0.25) is 0 Å². The quantitative estimate of drug-likeness (QED) is 0.513. The van der Waals surface area contributed by atoms with Crippen molar-refractivity contribution in [3.8, 4) is 11.1 Å². The minimum Gasteiger partial charge on any atom is -0.369 e. The number of hydrogen-bond donors (Lipinski definition) is 2. The fourth-order valence-electron chi connectivity index (χ4n) is 4.28. The third-order valence-electron chi connectivity index (χ3n) is 5.88. The van der Waals surface area contributed by atoms with Crippen LogP contribution in [0.1, 0.15) is 10.4 Å². The van der Waals surface area contributed by atoms with E-state index in [2.05, 4.69) is 4.98 Å². The van der Waals surface area contributed by atoms with Crippen molar-refractivity contribution in [1.82, 2.24) is 4.98 Å². The number of primary amides is 1. The number of aromatic amines is 1. The molecule has 0 saturated carbocycles. The van der Waals surface area contributed by atoms with Crippen LogP contribution in [0.5, 0.6) is 0 Å². The van der Waals surface area contributed by atoms with E-state index in [1.54, 1.807) is 30.3 Å². The lowest BCUT2D eigenvalue weighted by atomic mass is 9.96. The van der Waals surface area contributed by atoms with E-state index in [1.807, 2.05) is 23.1 Å². The van der Waals surface area contributed by atoms with Crippen LogP contribution in [-0.2, 0) is 9.84 Å². The fourth-order valence-corrected chi connectivity index (χ4v) is 5.48. The van der Waals surface area contributed by atoms with E-state index in [1.165, 1.54) is 6.07 Å². The van der Waals surface area contributed by atoms with Gasteiger partial charge in [0, 0.05) is 40.6 Å². The molecule has 8 heteroatoms. The van der Waals surface area contributed by atoms with Gasteiger partial charge in [0.1, 0.15) is 5.82 Å². The van der Waals surface area contributed by atoms with Gasteiger partial charge in [-0.1, -0.05) is 30.3 Å². The number of anilines is 1. The molecule has 1 saturated heterocycles. The lowest BCUT2D eigenvalue weighted by Crippen LogP contribution is -2.40. The summed E-state index contributed by atoms with van der Waals surface area (Å²) in [5, 5.41) is 1.56. The Hall–Kier alpha value is -3.39. The third-order valence-corrected chi connectivity index (χ3v) is 7.49. The summed E-state index contributed by atoms with van der Waals surface area (Å²) in [5.74, 6) is -0.670. The molecule has 1 fully saturated rings. The lowest BCUT2D eigenvalue weighted by Gasteiger charge is -2.28. The second-order valence-corrected chi connectivity index (χ2v) is 10.1. The number of nitrogens with one attached hydrogen (secondary N) is 1. The van der Waals surface area contributed by atoms with E-state index in [0.717, 1.165) is 22.0 Å². The molecule has 0 radical (unpaired) electrons. The van der Waals surface area contributed by atoms with Crippen molar-refractivity contribution in [1.29, 1.82) is 0 Å². The molecule has 2 heterocycles. The molecule has 5 rings (SSSR count). The first-order chi connectivity index (χ1) is 14.8. The normalized spacial score (nSPS) is 16.1. The first-order valence-electron chi connectivity index (χ1n) is 9.92. The van der Waals surface area contributed by atoms with Crippen LogP contribution in [0, 0.1) is 5.82 Å². The number of carbonyl (C=O) groups is 1. The zero-order valence-corrected chi connectivity index (χ0v) is 17.4.